The van der Waals surface area contributed by atoms with Crippen LogP contribution in [0.1, 0.15) is 32.4 Å². The summed E-state index contributed by atoms with van der Waals surface area (Å²) in [4.78, 5) is 16.7. The lowest BCUT2D eigenvalue weighted by atomic mass is 9.98. The number of rotatable bonds is 7. The van der Waals surface area contributed by atoms with Crippen LogP contribution in [-0.2, 0) is 13.0 Å². The molecule has 0 saturated carbocycles. The van der Waals surface area contributed by atoms with Gasteiger partial charge in [0.2, 0.25) is 0 Å². The first-order valence-corrected chi connectivity index (χ1v) is 10.9. The molecule has 5 nitrogen and oxygen atoms in total. The van der Waals surface area contributed by atoms with E-state index in [1.807, 2.05) is 0 Å². The first kappa shape index (κ1) is 20.4. The quantitative estimate of drug-likeness (QED) is 0.617. The van der Waals surface area contributed by atoms with Crippen molar-refractivity contribution in [1.29, 1.82) is 0 Å². The standard InChI is InChI=1S/C24H26N2O3S/c1-28-19-9-10-20(22(14-19)29-2)24(27)25-15-21(23-8-5-13-30-23)26-12-11-17-6-3-4-7-18(17)16-26/h3-10,13-14,21H,11-12,15-16H2,1-2H3,(H,25,27)/t21-/m0/s1. The molecular weight excluding hydrogens is 396 g/mol. The highest BCUT2D eigenvalue weighted by molar-refractivity contribution is 7.10. The van der Waals surface area contributed by atoms with Crippen molar-refractivity contribution < 1.29 is 14.3 Å². The number of ether oxygens (including phenoxy) is 2. The number of methoxy groups -OCH3 is 2. The second kappa shape index (κ2) is 9.32. The number of carbonyl (C=O) groups excluding carboxylic acids is 1. The molecule has 0 fully saturated rings. The third-order valence-corrected chi connectivity index (χ3v) is 6.56. The van der Waals surface area contributed by atoms with Crippen LogP contribution in [0.25, 0.3) is 0 Å². The van der Waals surface area contributed by atoms with Gasteiger partial charge >= 0.3 is 0 Å². The lowest BCUT2D eigenvalue weighted by Gasteiger charge is -2.35. The topological polar surface area (TPSA) is 50.8 Å². The molecule has 0 bridgehead atoms. The molecular formula is C24H26N2O3S. The molecule has 2 heterocycles. The zero-order valence-electron chi connectivity index (χ0n) is 17.3. The maximum absolute atomic E-state index is 12.9. The molecule has 30 heavy (non-hydrogen) atoms. The molecule has 1 amide bonds. The number of nitrogens with zero attached hydrogens (tertiary/aromatic N) is 1. The molecule has 1 atom stereocenters. The maximum atomic E-state index is 12.9. The third-order valence-electron chi connectivity index (χ3n) is 5.58. The van der Waals surface area contributed by atoms with Gasteiger partial charge in [0, 0.05) is 30.6 Å². The molecule has 0 radical (unpaired) electrons. The van der Waals surface area contributed by atoms with Crippen molar-refractivity contribution in [3.8, 4) is 11.5 Å². The molecule has 0 unspecified atom stereocenters. The van der Waals surface area contributed by atoms with Crippen LogP contribution in [0.5, 0.6) is 11.5 Å². The fourth-order valence-electron chi connectivity index (χ4n) is 3.94. The minimum absolute atomic E-state index is 0.131. The molecule has 0 spiro atoms. The average Bonchev–Trinajstić information content (AvgIpc) is 3.33. The number of nitrogens with one attached hydrogen (secondary N) is 1. The van der Waals surface area contributed by atoms with Crippen molar-refractivity contribution in [2.75, 3.05) is 27.3 Å². The number of thiophene rings is 1. The van der Waals surface area contributed by atoms with Crippen LogP contribution in [0.15, 0.2) is 60.0 Å². The second-order valence-corrected chi connectivity index (χ2v) is 8.28. The van der Waals surface area contributed by atoms with Crippen LogP contribution in [0.2, 0.25) is 0 Å². The molecule has 156 valence electrons. The summed E-state index contributed by atoms with van der Waals surface area (Å²) in [5, 5.41) is 5.22. The molecule has 0 saturated heterocycles. The summed E-state index contributed by atoms with van der Waals surface area (Å²) in [6.07, 6.45) is 1.03. The Hall–Kier alpha value is -2.83. The van der Waals surface area contributed by atoms with Crippen molar-refractivity contribution in [1.82, 2.24) is 10.2 Å². The van der Waals surface area contributed by atoms with Crippen LogP contribution in [0, 0.1) is 0 Å². The minimum Gasteiger partial charge on any atom is -0.497 e. The fraction of sp³-hybridized carbons (Fsp3) is 0.292. The van der Waals surface area contributed by atoms with Crippen LogP contribution < -0.4 is 14.8 Å². The Morgan fingerprint density at radius 1 is 1.10 bits per heavy atom. The summed E-state index contributed by atoms with van der Waals surface area (Å²) >= 11 is 1.73. The van der Waals surface area contributed by atoms with Gasteiger partial charge in [-0.05, 0) is 41.1 Å². The number of hydrogen-bond donors (Lipinski definition) is 1. The van der Waals surface area contributed by atoms with Gasteiger partial charge in [0.05, 0.1) is 25.8 Å². The largest absolute Gasteiger partial charge is 0.497 e. The van der Waals surface area contributed by atoms with Crippen LogP contribution in [0.4, 0.5) is 0 Å². The van der Waals surface area contributed by atoms with Crippen LogP contribution in [0.3, 0.4) is 0 Å². The molecule has 1 aromatic heterocycles. The zero-order chi connectivity index (χ0) is 20.9. The van der Waals surface area contributed by atoms with Crippen molar-refractivity contribution in [2.24, 2.45) is 0 Å². The molecule has 2 aromatic carbocycles. The van der Waals surface area contributed by atoms with Gasteiger partial charge in [-0.1, -0.05) is 30.3 Å². The molecule has 1 aliphatic heterocycles. The van der Waals surface area contributed by atoms with Gasteiger partial charge < -0.3 is 14.8 Å². The van der Waals surface area contributed by atoms with E-state index in [1.54, 1.807) is 43.8 Å². The van der Waals surface area contributed by atoms with Gasteiger partial charge in [-0.2, -0.15) is 0 Å². The highest BCUT2D eigenvalue weighted by Crippen LogP contribution is 2.30. The molecule has 3 aromatic rings. The smallest absolute Gasteiger partial charge is 0.255 e. The predicted molar refractivity (Wildman–Crippen MR) is 119 cm³/mol. The predicted octanol–water partition coefficient (Wildman–Crippen LogP) is 4.29. The minimum atomic E-state index is -0.145. The van der Waals surface area contributed by atoms with Gasteiger partial charge in [0.15, 0.2) is 0 Å². The van der Waals surface area contributed by atoms with Crippen molar-refractivity contribution in [3.63, 3.8) is 0 Å². The van der Waals surface area contributed by atoms with Crippen molar-refractivity contribution >= 4 is 17.2 Å². The van der Waals surface area contributed by atoms with Gasteiger partial charge in [-0.3, -0.25) is 9.69 Å². The van der Waals surface area contributed by atoms with E-state index in [2.05, 4.69) is 52.0 Å². The molecule has 0 aliphatic carbocycles. The zero-order valence-corrected chi connectivity index (χ0v) is 18.1. The summed E-state index contributed by atoms with van der Waals surface area (Å²) in [5.41, 5.74) is 3.30. The van der Waals surface area contributed by atoms with Gasteiger partial charge in [0.1, 0.15) is 11.5 Å². The maximum Gasteiger partial charge on any atom is 0.255 e. The summed E-state index contributed by atoms with van der Waals surface area (Å²) in [6, 6.07) is 18.2. The SMILES string of the molecule is COc1ccc(C(=O)NC[C@@H](c2cccs2)N2CCc3ccccc3C2)c(OC)c1. The van der Waals surface area contributed by atoms with Gasteiger partial charge in [-0.15, -0.1) is 11.3 Å². The Morgan fingerprint density at radius 2 is 1.93 bits per heavy atom. The Balaban J connectivity index is 1.51. The van der Waals surface area contributed by atoms with E-state index in [9.17, 15) is 4.79 Å². The Kier molecular flexibility index (Phi) is 6.35. The van der Waals surface area contributed by atoms with E-state index >= 15 is 0 Å². The van der Waals surface area contributed by atoms with Gasteiger partial charge in [-0.25, -0.2) is 0 Å². The highest BCUT2D eigenvalue weighted by Gasteiger charge is 2.26. The van der Waals surface area contributed by atoms with Gasteiger partial charge in [0.25, 0.3) is 5.91 Å². The first-order chi connectivity index (χ1) is 14.7. The molecule has 6 heteroatoms. The Bertz CT molecular complexity index is 1000. The average molecular weight is 423 g/mol. The molecule has 1 aliphatic rings. The highest BCUT2D eigenvalue weighted by atomic mass is 32.1. The normalized spacial score (nSPS) is 14.6. The van der Waals surface area contributed by atoms with Crippen molar-refractivity contribution in [3.05, 3.63) is 81.5 Å². The van der Waals surface area contributed by atoms with Crippen LogP contribution >= 0.6 is 11.3 Å². The number of hydrogen-bond acceptors (Lipinski definition) is 5. The van der Waals surface area contributed by atoms with E-state index < -0.39 is 0 Å². The fourth-order valence-corrected chi connectivity index (χ4v) is 4.81. The lowest BCUT2D eigenvalue weighted by Crippen LogP contribution is -2.40. The van der Waals surface area contributed by atoms with Crippen molar-refractivity contribution in [2.45, 2.75) is 19.0 Å². The number of amides is 1. The monoisotopic (exact) mass is 422 g/mol. The summed E-state index contributed by atoms with van der Waals surface area (Å²) in [6.45, 7) is 2.40. The summed E-state index contributed by atoms with van der Waals surface area (Å²) in [5.74, 6) is 1.02. The summed E-state index contributed by atoms with van der Waals surface area (Å²) in [7, 11) is 3.15. The van der Waals surface area contributed by atoms with E-state index in [0.717, 1.165) is 19.5 Å². The molecule has 1 N–H and O–H groups in total. The number of benzene rings is 2. The number of fused-ring (bicyclic) bond motifs is 1. The van der Waals surface area contributed by atoms with E-state index in [1.165, 1.54) is 16.0 Å². The van der Waals surface area contributed by atoms with Crippen LogP contribution in [-0.4, -0.2) is 38.1 Å². The Morgan fingerprint density at radius 3 is 2.67 bits per heavy atom. The van der Waals surface area contributed by atoms with E-state index in [-0.39, 0.29) is 11.9 Å². The van der Waals surface area contributed by atoms with E-state index in [0.29, 0.717) is 23.6 Å². The van der Waals surface area contributed by atoms with E-state index in [4.69, 9.17) is 9.47 Å². The first-order valence-electron chi connectivity index (χ1n) is 10.0. The Labute approximate surface area is 181 Å². The molecule has 4 rings (SSSR count). The second-order valence-electron chi connectivity index (χ2n) is 7.30. The summed E-state index contributed by atoms with van der Waals surface area (Å²) < 4.78 is 10.6. The third kappa shape index (κ3) is 4.35. The number of carbonyl (C=O) groups is 1. The lowest BCUT2D eigenvalue weighted by molar-refractivity contribution is 0.0925.